The van der Waals surface area contributed by atoms with E-state index in [9.17, 15) is 4.79 Å². The van der Waals surface area contributed by atoms with Crippen molar-refractivity contribution in [3.05, 3.63) is 0 Å². The Bertz CT molecular complexity index is 218. The number of amides is 1. The molecule has 1 unspecified atom stereocenters. The van der Waals surface area contributed by atoms with Gasteiger partial charge in [-0.15, -0.1) is 0 Å². The van der Waals surface area contributed by atoms with E-state index in [1.165, 1.54) is 19.3 Å². The van der Waals surface area contributed by atoms with Gasteiger partial charge in [-0.05, 0) is 25.8 Å². The largest absolute Gasteiger partial charge is 0.446 e. The first-order valence-electron chi connectivity index (χ1n) is 5.47. The minimum atomic E-state index is -0.624. The Morgan fingerprint density at radius 1 is 1.29 bits per heavy atom. The number of nitrogens with two attached hydrogens (primary N) is 1. The maximum atomic E-state index is 10.7. The summed E-state index contributed by atoms with van der Waals surface area (Å²) >= 11 is 0. The molecule has 0 radical (unpaired) electrons. The molecular formula is C10H18N2O2. The van der Waals surface area contributed by atoms with E-state index in [4.69, 9.17) is 10.5 Å². The van der Waals surface area contributed by atoms with Crippen LogP contribution in [0, 0.1) is 5.92 Å². The molecule has 1 aliphatic heterocycles. The molecule has 2 rings (SSSR count). The van der Waals surface area contributed by atoms with Crippen LogP contribution in [-0.2, 0) is 4.74 Å². The van der Waals surface area contributed by atoms with E-state index in [0.717, 1.165) is 19.4 Å². The average molecular weight is 198 g/mol. The van der Waals surface area contributed by atoms with Crippen LogP contribution in [0.1, 0.15) is 32.1 Å². The van der Waals surface area contributed by atoms with Gasteiger partial charge in [0.05, 0.1) is 0 Å². The van der Waals surface area contributed by atoms with Gasteiger partial charge in [0.1, 0.15) is 6.10 Å². The van der Waals surface area contributed by atoms with Crippen LogP contribution in [0.5, 0.6) is 0 Å². The Morgan fingerprint density at radius 2 is 2.07 bits per heavy atom. The van der Waals surface area contributed by atoms with E-state index >= 15 is 0 Å². The van der Waals surface area contributed by atoms with Gasteiger partial charge in [-0.2, -0.15) is 0 Å². The molecule has 2 fully saturated rings. The summed E-state index contributed by atoms with van der Waals surface area (Å²) in [4.78, 5) is 10.7. The van der Waals surface area contributed by atoms with Crippen LogP contribution in [0.4, 0.5) is 4.79 Å². The molecule has 14 heavy (non-hydrogen) atoms. The Hall–Kier alpha value is -0.770. The van der Waals surface area contributed by atoms with Crippen molar-refractivity contribution in [2.75, 3.05) is 6.54 Å². The SMILES string of the molecule is NC(=O)O[C@H]1CCNC2CCCC[C@H]21. The highest BCUT2D eigenvalue weighted by Crippen LogP contribution is 2.32. The van der Waals surface area contributed by atoms with Crippen LogP contribution in [0.25, 0.3) is 0 Å². The van der Waals surface area contributed by atoms with Gasteiger partial charge in [-0.25, -0.2) is 4.79 Å². The Kier molecular flexibility index (Phi) is 2.91. The predicted octanol–water partition coefficient (Wildman–Crippen LogP) is 1.00. The monoisotopic (exact) mass is 198 g/mol. The molecule has 1 saturated heterocycles. The highest BCUT2D eigenvalue weighted by molar-refractivity contribution is 5.64. The van der Waals surface area contributed by atoms with E-state index in [-0.39, 0.29) is 6.10 Å². The summed E-state index contributed by atoms with van der Waals surface area (Å²) in [5.74, 6) is 0.491. The van der Waals surface area contributed by atoms with Gasteiger partial charge in [0, 0.05) is 12.0 Å². The molecule has 80 valence electrons. The molecule has 0 spiro atoms. The fourth-order valence-corrected chi connectivity index (χ4v) is 2.78. The highest BCUT2D eigenvalue weighted by Gasteiger charge is 2.36. The minimum Gasteiger partial charge on any atom is -0.446 e. The lowest BCUT2D eigenvalue weighted by Gasteiger charge is -2.41. The van der Waals surface area contributed by atoms with Gasteiger partial charge in [-0.3, -0.25) is 0 Å². The third-order valence-corrected chi connectivity index (χ3v) is 3.40. The summed E-state index contributed by atoms with van der Waals surface area (Å²) in [7, 11) is 0. The predicted molar refractivity (Wildman–Crippen MR) is 52.8 cm³/mol. The van der Waals surface area contributed by atoms with Crippen molar-refractivity contribution in [1.82, 2.24) is 5.32 Å². The van der Waals surface area contributed by atoms with Gasteiger partial charge in [0.25, 0.3) is 0 Å². The summed E-state index contributed by atoms with van der Waals surface area (Å²) in [6.07, 6.45) is 5.25. The molecule has 4 nitrogen and oxygen atoms in total. The summed E-state index contributed by atoms with van der Waals surface area (Å²) in [5.41, 5.74) is 5.06. The van der Waals surface area contributed by atoms with E-state index in [2.05, 4.69) is 5.32 Å². The molecule has 1 saturated carbocycles. The number of carbonyl (C=O) groups is 1. The lowest BCUT2D eigenvalue weighted by atomic mass is 9.78. The maximum absolute atomic E-state index is 10.7. The van der Waals surface area contributed by atoms with E-state index < -0.39 is 6.09 Å². The van der Waals surface area contributed by atoms with Crippen molar-refractivity contribution in [3.63, 3.8) is 0 Å². The Balaban J connectivity index is 1.97. The standard InChI is InChI=1S/C10H18N2O2/c11-10(13)14-9-5-6-12-8-4-2-1-3-7(8)9/h7-9,12H,1-6H2,(H2,11,13)/t7-,8?,9+/m1/s1. The van der Waals surface area contributed by atoms with Crippen LogP contribution < -0.4 is 11.1 Å². The fourth-order valence-electron chi connectivity index (χ4n) is 2.78. The zero-order valence-electron chi connectivity index (χ0n) is 8.37. The van der Waals surface area contributed by atoms with Crippen LogP contribution in [0.15, 0.2) is 0 Å². The molecule has 1 heterocycles. The number of rotatable bonds is 1. The topological polar surface area (TPSA) is 64.4 Å². The minimum absolute atomic E-state index is 0.0547. The first-order valence-corrected chi connectivity index (χ1v) is 5.47. The summed E-state index contributed by atoms with van der Waals surface area (Å²) < 4.78 is 5.16. The second kappa shape index (κ2) is 4.17. The van der Waals surface area contributed by atoms with Gasteiger partial charge in [0.15, 0.2) is 0 Å². The number of nitrogens with one attached hydrogen (secondary N) is 1. The summed E-state index contributed by atoms with van der Waals surface area (Å²) in [6.45, 7) is 0.944. The first kappa shape index (κ1) is 9.77. The number of hydrogen-bond donors (Lipinski definition) is 2. The second-order valence-corrected chi connectivity index (χ2v) is 4.27. The molecule has 0 bridgehead atoms. The average Bonchev–Trinajstić information content (AvgIpc) is 2.18. The quantitative estimate of drug-likeness (QED) is 0.660. The van der Waals surface area contributed by atoms with Crippen LogP contribution in [-0.4, -0.2) is 24.8 Å². The van der Waals surface area contributed by atoms with Crippen LogP contribution in [0.2, 0.25) is 0 Å². The molecule has 0 aromatic rings. The van der Waals surface area contributed by atoms with Crippen molar-refractivity contribution in [2.24, 2.45) is 11.7 Å². The Morgan fingerprint density at radius 3 is 2.86 bits per heavy atom. The van der Waals surface area contributed by atoms with Crippen molar-refractivity contribution < 1.29 is 9.53 Å². The van der Waals surface area contributed by atoms with Crippen molar-refractivity contribution in [2.45, 2.75) is 44.2 Å². The van der Waals surface area contributed by atoms with Crippen LogP contribution in [0.3, 0.4) is 0 Å². The van der Waals surface area contributed by atoms with Gasteiger partial charge >= 0.3 is 6.09 Å². The smallest absolute Gasteiger partial charge is 0.404 e. The summed E-state index contributed by atoms with van der Waals surface area (Å²) in [5, 5.41) is 3.49. The maximum Gasteiger partial charge on any atom is 0.404 e. The lowest BCUT2D eigenvalue weighted by Crippen LogP contribution is -2.51. The number of fused-ring (bicyclic) bond motifs is 1. The van der Waals surface area contributed by atoms with E-state index in [1.807, 2.05) is 0 Å². The molecule has 0 aromatic heterocycles. The zero-order valence-corrected chi connectivity index (χ0v) is 8.37. The highest BCUT2D eigenvalue weighted by atomic mass is 16.6. The summed E-state index contributed by atoms with van der Waals surface area (Å²) in [6, 6.07) is 0.543. The molecule has 0 aromatic carbocycles. The van der Waals surface area contributed by atoms with Crippen LogP contribution >= 0.6 is 0 Å². The number of piperidine rings is 1. The van der Waals surface area contributed by atoms with E-state index in [1.54, 1.807) is 0 Å². The molecule has 2 aliphatic rings. The number of ether oxygens (including phenoxy) is 1. The molecule has 1 aliphatic carbocycles. The Labute approximate surface area is 84.2 Å². The molecule has 4 heteroatoms. The number of primary amides is 1. The van der Waals surface area contributed by atoms with Crippen molar-refractivity contribution in [1.29, 1.82) is 0 Å². The van der Waals surface area contributed by atoms with Gasteiger partial charge in [0.2, 0.25) is 0 Å². The number of carbonyl (C=O) groups excluding carboxylic acids is 1. The zero-order chi connectivity index (χ0) is 9.97. The normalized spacial score (nSPS) is 37.3. The van der Waals surface area contributed by atoms with E-state index in [0.29, 0.717) is 12.0 Å². The van der Waals surface area contributed by atoms with Gasteiger partial charge < -0.3 is 15.8 Å². The third kappa shape index (κ3) is 2.00. The first-order chi connectivity index (χ1) is 6.77. The van der Waals surface area contributed by atoms with Crippen molar-refractivity contribution >= 4 is 6.09 Å². The lowest BCUT2D eigenvalue weighted by molar-refractivity contribution is 0.0153. The molecule has 3 atom stereocenters. The second-order valence-electron chi connectivity index (χ2n) is 4.27. The van der Waals surface area contributed by atoms with Gasteiger partial charge in [-0.1, -0.05) is 12.8 Å². The molecule has 1 amide bonds. The third-order valence-electron chi connectivity index (χ3n) is 3.40. The fraction of sp³-hybridized carbons (Fsp3) is 0.900. The molecule has 3 N–H and O–H groups in total. The number of hydrogen-bond acceptors (Lipinski definition) is 3. The molecular weight excluding hydrogens is 180 g/mol. The van der Waals surface area contributed by atoms with Crippen molar-refractivity contribution in [3.8, 4) is 0 Å².